The Morgan fingerprint density at radius 2 is 2.00 bits per heavy atom. The van der Waals surface area contributed by atoms with Crippen molar-refractivity contribution in [1.82, 2.24) is 4.90 Å². The third-order valence-electron chi connectivity index (χ3n) is 4.35. The Hall–Kier alpha value is -0.770. The van der Waals surface area contributed by atoms with Gasteiger partial charge in [-0.05, 0) is 31.0 Å². The van der Waals surface area contributed by atoms with Gasteiger partial charge in [0.1, 0.15) is 0 Å². The quantitative estimate of drug-likeness (QED) is 0.915. The molecule has 1 aromatic rings. The van der Waals surface area contributed by atoms with E-state index in [2.05, 4.69) is 4.90 Å². The molecule has 110 valence electrons. The molecule has 1 saturated heterocycles. The van der Waals surface area contributed by atoms with Crippen molar-refractivity contribution in [2.24, 2.45) is 11.3 Å². The van der Waals surface area contributed by atoms with Gasteiger partial charge in [-0.1, -0.05) is 43.1 Å². The lowest BCUT2D eigenvalue weighted by molar-refractivity contribution is -0.151. The molecule has 0 saturated carbocycles. The number of hydrogen-bond donors (Lipinski definition) is 1. The fraction of sp³-hybridized carbons (Fsp3) is 0.533. The number of carbonyl (C=O) groups is 1. The molecule has 0 aliphatic carbocycles. The summed E-state index contributed by atoms with van der Waals surface area (Å²) < 4.78 is 0. The zero-order valence-corrected chi connectivity index (χ0v) is 13.2. The molecule has 3 nitrogen and oxygen atoms in total. The summed E-state index contributed by atoms with van der Waals surface area (Å²) >= 11 is 12.4. The Balaban J connectivity index is 2.16. The molecule has 1 heterocycles. The smallest absolute Gasteiger partial charge is 0.311 e. The number of carboxylic acid groups (broad SMARTS) is 1. The maximum atomic E-state index is 11.6. The molecule has 1 fully saturated rings. The van der Waals surface area contributed by atoms with E-state index in [1.807, 2.05) is 32.0 Å². The first kappa shape index (κ1) is 15.6. The normalized spacial score (nSPS) is 23.4. The van der Waals surface area contributed by atoms with Crippen molar-refractivity contribution in [1.29, 1.82) is 0 Å². The first-order valence-corrected chi connectivity index (χ1v) is 7.51. The van der Waals surface area contributed by atoms with Crippen LogP contribution in [0, 0.1) is 11.3 Å². The van der Waals surface area contributed by atoms with Gasteiger partial charge in [0.2, 0.25) is 0 Å². The second-order valence-corrected chi connectivity index (χ2v) is 6.59. The highest BCUT2D eigenvalue weighted by atomic mass is 35.5. The summed E-state index contributed by atoms with van der Waals surface area (Å²) in [6.07, 6.45) is 0.669. The van der Waals surface area contributed by atoms with Crippen molar-refractivity contribution in [3.05, 3.63) is 33.8 Å². The minimum Gasteiger partial charge on any atom is -0.481 e. The fourth-order valence-electron chi connectivity index (χ4n) is 2.85. The Morgan fingerprint density at radius 1 is 1.40 bits per heavy atom. The Labute approximate surface area is 129 Å². The molecule has 20 heavy (non-hydrogen) atoms. The summed E-state index contributed by atoms with van der Waals surface area (Å²) in [5.74, 6) is -0.605. The summed E-state index contributed by atoms with van der Waals surface area (Å²) in [7, 11) is 0. The van der Waals surface area contributed by atoms with Crippen molar-refractivity contribution in [2.75, 3.05) is 13.1 Å². The Kier molecular flexibility index (Phi) is 4.62. The van der Waals surface area contributed by atoms with Gasteiger partial charge in [0.05, 0.1) is 5.41 Å². The standard InChI is InChI=1S/C15H19Cl2NO2/c1-10(2)15(14(19)20)6-7-18(9-15)8-11-12(16)4-3-5-13(11)17/h3-5,10H,6-9H2,1-2H3,(H,19,20). The molecule has 0 radical (unpaired) electrons. The van der Waals surface area contributed by atoms with Crippen LogP contribution in [0.3, 0.4) is 0 Å². The van der Waals surface area contributed by atoms with Gasteiger partial charge in [-0.15, -0.1) is 0 Å². The number of nitrogens with zero attached hydrogens (tertiary/aromatic N) is 1. The summed E-state index contributed by atoms with van der Waals surface area (Å²) in [6.45, 7) is 5.84. The fourth-order valence-corrected chi connectivity index (χ4v) is 3.37. The van der Waals surface area contributed by atoms with Crippen molar-refractivity contribution in [2.45, 2.75) is 26.8 Å². The predicted molar refractivity (Wildman–Crippen MR) is 81.3 cm³/mol. The molecule has 0 spiro atoms. The molecule has 0 aromatic heterocycles. The predicted octanol–water partition coefficient (Wildman–Crippen LogP) is 3.93. The van der Waals surface area contributed by atoms with E-state index >= 15 is 0 Å². The zero-order valence-electron chi connectivity index (χ0n) is 11.7. The van der Waals surface area contributed by atoms with Crippen LogP contribution in [0.2, 0.25) is 10.0 Å². The Morgan fingerprint density at radius 3 is 2.45 bits per heavy atom. The highest BCUT2D eigenvalue weighted by Crippen LogP contribution is 2.39. The SMILES string of the molecule is CC(C)C1(C(=O)O)CCN(Cc2c(Cl)cccc2Cl)C1. The van der Waals surface area contributed by atoms with Crippen LogP contribution >= 0.6 is 23.2 Å². The van der Waals surface area contributed by atoms with E-state index in [9.17, 15) is 9.90 Å². The number of benzene rings is 1. The molecule has 1 atom stereocenters. The van der Waals surface area contributed by atoms with E-state index in [0.717, 1.165) is 12.1 Å². The molecule has 2 rings (SSSR count). The van der Waals surface area contributed by atoms with Gasteiger partial charge < -0.3 is 5.11 Å². The molecule has 1 unspecified atom stereocenters. The van der Waals surface area contributed by atoms with E-state index in [-0.39, 0.29) is 5.92 Å². The van der Waals surface area contributed by atoms with E-state index in [1.165, 1.54) is 0 Å². The third kappa shape index (κ3) is 2.80. The van der Waals surface area contributed by atoms with Gasteiger partial charge in [0.25, 0.3) is 0 Å². The monoisotopic (exact) mass is 315 g/mol. The zero-order chi connectivity index (χ0) is 14.9. The minimum absolute atomic E-state index is 0.103. The van der Waals surface area contributed by atoms with Crippen LogP contribution in [0.25, 0.3) is 0 Å². The average molecular weight is 316 g/mol. The lowest BCUT2D eigenvalue weighted by atomic mass is 9.76. The van der Waals surface area contributed by atoms with Gasteiger partial charge in [0, 0.05) is 28.7 Å². The molecule has 1 aliphatic heterocycles. The van der Waals surface area contributed by atoms with Crippen molar-refractivity contribution < 1.29 is 9.90 Å². The van der Waals surface area contributed by atoms with Gasteiger partial charge >= 0.3 is 5.97 Å². The molecular formula is C15H19Cl2NO2. The second kappa shape index (κ2) is 5.92. The van der Waals surface area contributed by atoms with Crippen LogP contribution < -0.4 is 0 Å². The number of halogens is 2. The highest BCUT2D eigenvalue weighted by molar-refractivity contribution is 6.35. The van der Waals surface area contributed by atoms with Gasteiger partial charge in [-0.3, -0.25) is 9.69 Å². The summed E-state index contributed by atoms with van der Waals surface area (Å²) in [4.78, 5) is 13.7. The maximum absolute atomic E-state index is 11.6. The average Bonchev–Trinajstić information content (AvgIpc) is 2.79. The summed E-state index contributed by atoms with van der Waals surface area (Å²) in [5, 5.41) is 10.8. The molecule has 1 aliphatic rings. The molecule has 1 N–H and O–H groups in total. The van der Waals surface area contributed by atoms with Crippen molar-refractivity contribution in [3.63, 3.8) is 0 Å². The number of hydrogen-bond acceptors (Lipinski definition) is 2. The number of likely N-dealkylation sites (tertiary alicyclic amines) is 1. The first-order chi connectivity index (χ1) is 9.36. The van der Waals surface area contributed by atoms with Crippen molar-refractivity contribution >= 4 is 29.2 Å². The van der Waals surface area contributed by atoms with E-state index < -0.39 is 11.4 Å². The van der Waals surface area contributed by atoms with Crippen molar-refractivity contribution in [3.8, 4) is 0 Å². The number of carboxylic acids is 1. The topological polar surface area (TPSA) is 40.5 Å². The molecule has 0 amide bonds. The van der Waals surface area contributed by atoms with Crippen LogP contribution in [0.15, 0.2) is 18.2 Å². The molecule has 1 aromatic carbocycles. The third-order valence-corrected chi connectivity index (χ3v) is 5.06. The lowest BCUT2D eigenvalue weighted by Gasteiger charge is -2.29. The van der Waals surface area contributed by atoms with E-state index in [0.29, 0.717) is 29.6 Å². The van der Waals surface area contributed by atoms with Crippen LogP contribution in [-0.2, 0) is 11.3 Å². The first-order valence-electron chi connectivity index (χ1n) is 6.75. The minimum atomic E-state index is -0.708. The number of rotatable bonds is 4. The van der Waals surface area contributed by atoms with E-state index in [1.54, 1.807) is 0 Å². The van der Waals surface area contributed by atoms with Crippen LogP contribution in [0.4, 0.5) is 0 Å². The molecule has 5 heteroatoms. The number of aliphatic carboxylic acids is 1. The summed E-state index contributed by atoms with van der Waals surface area (Å²) in [6, 6.07) is 5.44. The Bertz CT molecular complexity index is 498. The maximum Gasteiger partial charge on any atom is 0.311 e. The van der Waals surface area contributed by atoms with Crippen LogP contribution in [0.1, 0.15) is 25.8 Å². The van der Waals surface area contributed by atoms with Gasteiger partial charge in [-0.2, -0.15) is 0 Å². The summed E-state index contributed by atoms with van der Waals surface area (Å²) in [5.41, 5.74) is 0.217. The molecule has 0 bridgehead atoms. The van der Waals surface area contributed by atoms with Gasteiger partial charge in [0.15, 0.2) is 0 Å². The van der Waals surface area contributed by atoms with Crippen LogP contribution in [-0.4, -0.2) is 29.1 Å². The molecular weight excluding hydrogens is 297 g/mol. The van der Waals surface area contributed by atoms with Crippen LogP contribution in [0.5, 0.6) is 0 Å². The largest absolute Gasteiger partial charge is 0.481 e. The highest BCUT2D eigenvalue weighted by Gasteiger charge is 2.47. The van der Waals surface area contributed by atoms with Gasteiger partial charge in [-0.25, -0.2) is 0 Å². The second-order valence-electron chi connectivity index (χ2n) is 5.78. The van der Waals surface area contributed by atoms with E-state index in [4.69, 9.17) is 23.2 Å². The lowest BCUT2D eigenvalue weighted by Crippen LogP contribution is -2.39.